The average Bonchev–Trinajstić information content (AvgIpc) is 3.01. The molecule has 3 aromatic rings. The second-order valence-corrected chi connectivity index (χ2v) is 6.82. The van der Waals surface area contributed by atoms with Gasteiger partial charge in [-0.1, -0.05) is 12.1 Å². The first-order chi connectivity index (χ1) is 13.0. The first-order valence-corrected chi connectivity index (χ1v) is 9.16. The Hall–Kier alpha value is -3.08. The third-order valence-electron chi connectivity index (χ3n) is 4.00. The number of aromatic nitrogens is 2. The van der Waals surface area contributed by atoms with Crippen LogP contribution in [-0.4, -0.2) is 27.9 Å². The lowest BCUT2D eigenvalue weighted by molar-refractivity contribution is -0.116. The maximum Gasteiger partial charge on any atom is 0.244 e. The normalized spacial score (nSPS) is 11.4. The Balaban J connectivity index is 1.51. The molecule has 0 saturated carbocycles. The number of nitrogens with one attached hydrogen (secondary N) is 1. The van der Waals surface area contributed by atoms with E-state index < -0.39 is 0 Å². The topological polar surface area (TPSA) is 55.6 Å². The lowest BCUT2D eigenvalue weighted by atomic mass is 10.2. The van der Waals surface area contributed by atoms with Crippen LogP contribution in [-0.2, 0) is 11.2 Å². The molecule has 5 heteroatoms. The monoisotopic (exact) mass is 363 g/mol. The van der Waals surface area contributed by atoms with E-state index in [0.29, 0.717) is 13.0 Å². The highest BCUT2D eigenvalue weighted by Gasteiger charge is 2.03. The summed E-state index contributed by atoms with van der Waals surface area (Å²) in [7, 11) is 0. The molecule has 0 spiro atoms. The molecule has 0 radical (unpaired) electrons. The summed E-state index contributed by atoms with van der Waals surface area (Å²) in [5.74, 6) is 0.680. The largest absolute Gasteiger partial charge is 0.491 e. The van der Waals surface area contributed by atoms with Crippen molar-refractivity contribution in [3.8, 4) is 5.75 Å². The molecule has 1 aromatic carbocycles. The highest BCUT2D eigenvalue weighted by Crippen LogP contribution is 2.15. The molecular weight excluding hydrogens is 338 g/mol. The number of benzene rings is 1. The fraction of sp³-hybridized carbons (Fsp3) is 0.273. The number of carbonyl (C=O) groups excluding carboxylic acids is 1. The van der Waals surface area contributed by atoms with E-state index in [0.717, 1.165) is 22.7 Å². The number of hydrogen-bond donors (Lipinski definition) is 1. The second kappa shape index (κ2) is 8.54. The van der Waals surface area contributed by atoms with Crippen LogP contribution in [0.5, 0.6) is 5.75 Å². The number of pyridine rings is 1. The van der Waals surface area contributed by atoms with E-state index >= 15 is 0 Å². The van der Waals surface area contributed by atoms with Crippen LogP contribution in [0.4, 0.5) is 0 Å². The molecule has 0 unspecified atom stereocenters. The zero-order chi connectivity index (χ0) is 19.2. The third-order valence-corrected chi connectivity index (χ3v) is 4.00. The van der Waals surface area contributed by atoms with Crippen molar-refractivity contribution in [3.63, 3.8) is 0 Å². The molecule has 27 heavy (non-hydrogen) atoms. The molecular formula is C22H25N3O2. The lowest BCUT2D eigenvalue weighted by Crippen LogP contribution is -2.23. The van der Waals surface area contributed by atoms with Crippen molar-refractivity contribution in [2.24, 2.45) is 0 Å². The van der Waals surface area contributed by atoms with E-state index in [9.17, 15) is 4.79 Å². The van der Waals surface area contributed by atoms with Crippen molar-refractivity contribution in [2.75, 3.05) is 6.54 Å². The summed E-state index contributed by atoms with van der Waals surface area (Å²) in [6.45, 7) is 6.56. The van der Waals surface area contributed by atoms with E-state index in [1.54, 1.807) is 12.2 Å². The van der Waals surface area contributed by atoms with Crippen molar-refractivity contribution in [1.29, 1.82) is 0 Å². The summed E-state index contributed by atoms with van der Waals surface area (Å²) in [6, 6.07) is 11.8. The first-order valence-electron chi connectivity index (χ1n) is 9.16. The quantitative estimate of drug-likeness (QED) is 0.650. The van der Waals surface area contributed by atoms with Crippen LogP contribution >= 0.6 is 0 Å². The van der Waals surface area contributed by atoms with Gasteiger partial charge >= 0.3 is 0 Å². The van der Waals surface area contributed by atoms with Crippen LogP contribution in [0.15, 0.2) is 54.9 Å². The van der Waals surface area contributed by atoms with Gasteiger partial charge in [0.25, 0.3) is 0 Å². The van der Waals surface area contributed by atoms with Crippen LogP contribution in [0.3, 0.4) is 0 Å². The van der Waals surface area contributed by atoms with Crippen molar-refractivity contribution in [3.05, 3.63) is 71.7 Å². The van der Waals surface area contributed by atoms with Crippen LogP contribution in [0.25, 0.3) is 11.7 Å². The molecule has 0 bridgehead atoms. The lowest BCUT2D eigenvalue weighted by Gasteiger charge is -2.09. The molecule has 2 heterocycles. The summed E-state index contributed by atoms with van der Waals surface area (Å²) >= 11 is 0. The Morgan fingerprint density at radius 1 is 1.30 bits per heavy atom. The number of hydrogen-bond acceptors (Lipinski definition) is 3. The predicted octanol–water partition coefficient (Wildman–Crippen LogP) is 3.80. The number of nitrogens with zero attached hydrogens (tertiary/aromatic N) is 2. The molecule has 0 fully saturated rings. The number of imidazole rings is 1. The Labute approximate surface area is 159 Å². The molecule has 2 aromatic heterocycles. The number of aryl methyl sites for hydroxylation is 1. The van der Waals surface area contributed by atoms with Gasteiger partial charge in [-0.2, -0.15) is 0 Å². The van der Waals surface area contributed by atoms with Crippen LogP contribution < -0.4 is 10.1 Å². The standard InChI is InChI=1S/C22H25N3O2/c1-16(2)27-20-6-4-5-18(14-20)7-8-22(26)23-11-9-19-15-25-12-10-17(3)13-21(25)24-19/h4-8,10,12-16H,9,11H2,1-3H3,(H,23,26)/b8-7+. The van der Waals surface area contributed by atoms with E-state index in [-0.39, 0.29) is 12.0 Å². The summed E-state index contributed by atoms with van der Waals surface area (Å²) in [4.78, 5) is 16.6. The summed E-state index contributed by atoms with van der Waals surface area (Å²) < 4.78 is 7.66. The molecule has 1 amide bonds. The van der Waals surface area contributed by atoms with Gasteiger partial charge < -0.3 is 14.5 Å². The molecule has 0 atom stereocenters. The van der Waals surface area contributed by atoms with Crippen molar-refractivity contribution in [2.45, 2.75) is 33.3 Å². The molecule has 5 nitrogen and oxygen atoms in total. The van der Waals surface area contributed by atoms with Crippen molar-refractivity contribution < 1.29 is 9.53 Å². The fourth-order valence-electron chi connectivity index (χ4n) is 2.77. The SMILES string of the molecule is Cc1ccn2cc(CCNC(=O)/C=C/c3cccc(OC(C)C)c3)nc2c1. The zero-order valence-corrected chi connectivity index (χ0v) is 16.0. The van der Waals surface area contributed by atoms with Gasteiger partial charge in [-0.3, -0.25) is 4.79 Å². The van der Waals surface area contributed by atoms with Crippen molar-refractivity contribution in [1.82, 2.24) is 14.7 Å². The molecule has 1 N–H and O–H groups in total. The van der Waals surface area contributed by atoms with E-state index in [2.05, 4.69) is 10.3 Å². The number of ether oxygens (including phenoxy) is 1. The minimum atomic E-state index is -0.121. The molecule has 0 saturated heterocycles. The van der Waals surface area contributed by atoms with Crippen molar-refractivity contribution >= 4 is 17.6 Å². The van der Waals surface area contributed by atoms with Crippen LogP contribution in [0, 0.1) is 6.92 Å². The Kier molecular flexibility index (Phi) is 5.91. The number of carbonyl (C=O) groups is 1. The first kappa shape index (κ1) is 18.7. The van der Waals surface area contributed by atoms with E-state index in [4.69, 9.17) is 4.74 Å². The Morgan fingerprint density at radius 2 is 2.15 bits per heavy atom. The highest BCUT2D eigenvalue weighted by molar-refractivity contribution is 5.91. The molecule has 0 aliphatic heterocycles. The Morgan fingerprint density at radius 3 is 2.96 bits per heavy atom. The summed E-state index contributed by atoms with van der Waals surface area (Å²) in [6.07, 6.45) is 8.14. The second-order valence-electron chi connectivity index (χ2n) is 6.82. The minimum Gasteiger partial charge on any atom is -0.491 e. The number of rotatable bonds is 7. The van der Waals surface area contributed by atoms with E-state index in [1.165, 1.54) is 5.56 Å². The van der Waals surface area contributed by atoms with Crippen LogP contribution in [0.2, 0.25) is 0 Å². The van der Waals surface area contributed by atoms with Crippen LogP contribution in [0.1, 0.15) is 30.7 Å². The average molecular weight is 363 g/mol. The zero-order valence-electron chi connectivity index (χ0n) is 16.0. The highest BCUT2D eigenvalue weighted by atomic mass is 16.5. The van der Waals surface area contributed by atoms with Gasteiger partial charge in [0.1, 0.15) is 11.4 Å². The smallest absolute Gasteiger partial charge is 0.244 e. The summed E-state index contributed by atoms with van der Waals surface area (Å²) in [5, 5.41) is 2.90. The van der Waals surface area contributed by atoms with Gasteiger partial charge in [0.2, 0.25) is 5.91 Å². The van der Waals surface area contributed by atoms with Gasteiger partial charge in [0.05, 0.1) is 11.8 Å². The van der Waals surface area contributed by atoms with Gasteiger partial charge in [-0.05, 0) is 62.2 Å². The van der Waals surface area contributed by atoms with Gasteiger partial charge in [0, 0.05) is 31.4 Å². The van der Waals surface area contributed by atoms with E-state index in [1.807, 2.05) is 74.0 Å². The number of amides is 1. The summed E-state index contributed by atoms with van der Waals surface area (Å²) in [5.41, 5.74) is 4.00. The molecule has 140 valence electrons. The molecule has 0 aliphatic rings. The fourth-order valence-corrected chi connectivity index (χ4v) is 2.77. The van der Waals surface area contributed by atoms with Gasteiger partial charge in [-0.25, -0.2) is 4.98 Å². The maximum absolute atomic E-state index is 12.0. The number of fused-ring (bicyclic) bond motifs is 1. The minimum absolute atomic E-state index is 0.121. The molecule has 3 rings (SSSR count). The van der Waals surface area contributed by atoms with Gasteiger partial charge in [0.15, 0.2) is 0 Å². The Bertz CT molecular complexity index is 957. The van der Waals surface area contributed by atoms with Gasteiger partial charge in [-0.15, -0.1) is 0 Å². The maximum atomic E-state index is 12.0. The predicted molar refractivity (Wildman–Crippen MR) is 108 cm³/mol. The molecule has 0 aliphatic carbocycles. The third kappa shape index (κ3) is 5.45.